The van der Waals surface area contributed by atoms with Gasteiger partial charge in [-0.2, -0.15) is 0 Å². The van der Waals surface area contributed by atoms with E-state index in [9.17, 15) is 4.79 Å². The molecule has 11 heavy (non-hydrogen) atoms. The van der Waals surface area contributed by atoms with Crippen LogP contribution in [0.3, 0.4) is 0 Å². The second-order valence-electron chi connectivity index (χ2n) is 4.43. The van der Waals surface area contributed by atoms with Gasteiger partial charge in [-0.25, -0.2) is 0 Å². The Morgan fingerprint density at radius 3 is 2.18 bits per heavy atom. The Labute approximate surface area is 67.9 Å². The second kappa shape index (κ2) is 2.50. The van der Waals surface area contributed by atoms with Crippen molar-refractivity contribution in [1.82, 2.24) is 0 Å². The number of hydrogen-bond donors (Lipinski definition) is 0. The van der Waals surface area contributed by atoms with Gasteiger partial charge in [0, 0.05) is 0 Å². The van der Waals surface area contributed by atoms with Crippen molar-refractivity contribution in [1.29, 1.82) is 0 Å². The van der Waals surface area contributed by atoms with Crippen molar-refractivity contribution in [3.63, 3.8) is 0 Å². The molecule has 1 heterocycles. The van der Waals surface area contributed by atoms with Crippen LogP contribution in [-0.4, -0.2) is 12.1 Å². The highest BCUT2D eigenvalue weighted by Gasteiger charge is 2.38. The number of hydrogen-bond acceptors (Lipinski definition) is 2. The van der Waals surface area contributed by atoms with Crippen molar-refractivity contribution < 1.29 is 9.53 Å². The second-order valence-corrected chi connectivity index (χ2v) is 4.43. The van der Waals surface area contributed by atoms with E-state index in [2.05, 4.69) is 20.8 Å². The molecule has 1 saturated heterocycles. The quantitative estimate of drug-likeness (QED) is 0.501. The summed E-state index contributed by atoms with van der Waals surface area (Å²) >= 11 is 0. The van der Waals surface area contributed by atoms with E-state index in [0.717, 1.165) is 6.42 Å². The Kier molecular flexibility index (Phi) is 1.95. The molecule has 1 rings (SSSR count). The van der Waals surface area contributed by atoms with Crippen LogP contribution in [0.2, 0.25) is 0 Å². The Bertz CT molecular complexity index is 167. The minimum atomic E-state index is -0.0371. The molecule has 0 aromatic rings. The maximum absolute atomic E-state index is 11.0. The van der Waals surface area contributed by atoms with Crippen LogP contribution < -0.4 is 0 Å². The Morgan fingerprint density at radius 1 is 1.45 bits per heavy atom. The number of ether oxygens (including phenoxy) is 1. The highest BCUT2D eigenvalue weighted by Crippen LogP contribution is 2.33. The van der Waals surface area contributed by atoms with Crippen LogP contribution in [0.4, 0.5) is 0 Å². The molecule has 1 aliphatic heterocycles. The number of rotatable bonds is 0. The van der Waals surface area contributed by atoms with E-state index >= 15 is 0 Å². The molecule has 1 aliphatic rings. The zero-order valence-corrected chi connectivity index (χ0v) is 7.68. The van der Waals surface area contributed by atoms with E-state index in [-0.39, 0.29) is 23.4 Å². The summed E-state index contributed by atoms with van der Waals surface area (Å²) in [6.07, 6.45) is 0.993. The molecule has 1 fully saturated rings. The third-order valence-electron chi connectivity index (χ3n) is 2.19. The van der Waals surface area contributed by atoms with Crippen LogP contribution in [0.1, 0.15) is 34.1 Å². The van der Waals surface area contributed by atoms with Crippen molar-refractivity contribution in [2.75, 3.05) is 0 Å². The highest BCUT2D eigenvalue weighted by atomic mass is 16.6. The molecule has 0 aromatic heterocycles. The first-order valence-electron chi connectivity index (χ1n) is 4.12. The zero-order valence-electron chi connectivity index (χ0n) is 7.68. The lowest BCUT2D eigenvalue weighted by molar-refractivity contribution is -0.147. The SMILES string of the molecule is CC1C[C@H](C(C)(C)C)OC1=O. The largest absolute Gasteiger partial charge is 0.462 e. The summed E-state index contributed by atoms with van der Waals surface area (Å²) < 4.78 is 5.20. The molecule has 1 unspecified atom stereocenters. The van der Waals surface area contributed by atoms with E-state index in [0.29, 0.717) is 0 Å². The summed E-state index contributed by atoms with van der Waals surface area (Å²) in [5.74, 6) is 0.0594. The van der Waals surface area contributed by atoms with Crippen LogP contribution >= 0.6 is 0 Å². The maximum atomic E-state index is 11.0. The minimum Gasteiger partial charge on any atom is -0.462 e. The van der Waals surface area contributed by atoms with Gasteiger partial charge >= 0.3 is 5.97 Å². The van der Waals surface area contributed by atoms with Crippen molar-refractivity contribution in [2.45, 2.75) is 40.2 Å². The van der Waals surface area contributed by atoms with Crippen LogP contribution in [0, 0.1) is 11.3 Å². The summed E-state index contributed by atoms with van der Waals surface area (Å²) in [7, 11) is 0. The highest BCUT2D eigenvalue weighted by molar-refractivity contribution is 5.74. The monoisotopic (exact) mass is 156 g/mol. The van der Waals surface area contributed by atoms with Gasteiger partial charge in [0.2, 0.25) is 0 Å². The fraction of sp³-hybridized carbons (Fsp3) is 0.889. The molecule has 2 heteroatoms. The van der Waals surface area contributed by atoms with Crippen molar-refractivity contribution in [2.24, 2.45) is 11.3 Å². The molecular weight excluding hydrogens is 140 g/mol. The molecule has 0 aliphatic carbocycles. The number of cyclic esters (lactones) is 1. The molecule has 64 valence electrons. The Balaban J connectivity index is 2.61. The molecule has 0 radical (unpaired) electrons. The van der Waals surface area contributed by atoms with Crippen molar-refractivity contribution in [3.8, 4) is 0 Å². The molecule has 2 atom stereocenters. The summed E-state index contributed by atoms with van der Waals surface area (Å²) in [6.45, 7) is 8.23. The Morgan fingerprint density at radius 2 is 2.00 bits per heavy atom. The first kappa shape index (κ1) is 8.57. The van der Waals surface area contributed by atoms with Crippen LogP contribution in [0.25, 0.3) is 0 Å². The minimum absolute atomic E-state index is 0.0371. The molecule has 0 amide bonds. The van der Waals surface area contributed by atoms with E-state index in [4.69, 9.17) is 4.74 Å². The van der Waals surface area contributed by atoms with E-state index in [1.54, 1.807) is 0 Å². The van der Waals surface area contributed by atoms with Crippen molar-refractivity contribution in [3.05, 3.63) is 0 Å². The average molecular weight is 156 g/mol. The summed E-state index contributed by atoms with van der Waals surface area (Å²) in [6, 6.07) is 0. The fourth-order valence-corrected chi connectivity index (χ4v) is 1.25. The van der Waals surface area contributed by atoms with Gasteiger partial charge < -0.3 is 4.74 Å². The number of esters is 1. The molecule has 0 saturated carbocycles. The summed E-state index contributed by atoms with van der Waals surface area (Å²) in [4.78, 5) is 11.0. The summed E-state index contributed by atoms with van der Waals surface area (Å²) in [5, 5.41) is 0. The van der Waals surface area contributed by atoms with Gasteiger partial charge in [-0.3, -0.25) is 4.79 Å². The Hall–Kier alpha value is -0.530. The number of carbonyl (C=O) groups is 1. The lowest BCUT2D eigenvalue weighted by atomic mass is 9.86. The van der Waals surface area contributed by atoms with E-state index in [1.807, 2.05) is 6.92 Å². The average Bonchev–Trinajstić information content (AvgIpc) is 2.11. The fourth-order valence-electron chi connectivity index (χ4n) is 1.25. The van der Waals surface area contributed by atoms with Gasteiger partial charge in [0.1, 0.15) is 6.10 Å². The van der Waals surface area contributed by atoms with Gasteiger partial charge in [0.15, 0.2) is 0 Å². The van der Waals surface area contributed by atoms with Gasteiger partial charge in [-0.15, -0.1) is 0 Å². The first-order chi connectivity index (χ1) is 4.91. The zero-order chi connectivity index (χ0) is 8.65. The molecule has 0 spiro atoms. The summed E-state index contributed by atoms with van der Waals surface area (Å²) in [5.41, 5.74) is 0.0976. The van der Waals surface area contributed by atoms with Gasteiger partial charge in [0.25, 0.3) is 0 Å². The maximum Gasteiger partial charge on any atom is 0.309 e. The third kappa shape index (κ3) is 1.73. The molecule has 2 nitrogen and oxygen atoms in total. The lowest BCUT2D eigenvalue weighted by Crippen LogP contribution is -2.25. The topological polar surface area (TPSA) is 26.3 Å². The normalized spacial score (nSPS) is 32.2. The van der Waals surface area contributed by atoms with Gasteiger partial charge in [-0.05, 0) is 11.8 Å². The van der Waals surface area contributed by atoms with Gasteiger partial charge in [-0.1, -0.05) is 27.7 Å². The lowest BCUT2D eigenvalue weighted by Gasteiger charge is -2.24. The molecular formula is C9H16O2. The number of carbonyl (C=O) groups excluding carboxylic acids is 1. The predicted octanol–water partition coefficient (Wildman–Crippen LogP) is 1.98. The first-order valence-corrected chi connectivity index (χ1v) is 4.12. The third-order valence-corrected chi connectivity index (χ3v) is 2.19. The van der Waals surface area contributed by atoms with E-state index < -0.39 is 0 Å². The van der Waals surface area contributed by atoms with Crippen LogP contribution in [0.15, 0.2) is 0 Å². The standard InChI is InChI=1S/C9H16O2/c1-6-5-7(9(2,3)4)11-8(6)10/h6-7H,5H2,1-4H3/t6?,7-/m1/s1. The van der Waals surface area contributed by atoms with E-state index in [1.165, 1.54) is 0 Å². The smallest absolute Gasteiger partial charge is 0.309 e. The molecule has 0 aromatic carbocycles. The molecule has 0 bridgehead atoms. The van der Waals surface area contributed by atoms with Crippen LogP contribution in [0.5, 0.6) is 0 Å². The molecule has 0 N–H and O–H groups in total. The van der Waals surface area contributed by atoms with Gasteiger partial charge in [0.05, 0.1) is 5.92 Å². The predicted molar refractivity (Wildman–Crippen MR) is 43.1 cm³/mol. The van der Waals surface area contributed by atoms with Crippen molar-refractivity contribution >= 4 is 5.97 Å². The van der Waals surface area contributed by atoms with Crippen LogP contribution in [-0.2, 0) is 9.53 Å².